The van der Waals surface area contributed by atoms with Gasteiger partial charge in [-0.3, -0.25) is 14.4 Å². The van der Waals surface area contributed by atoms with Crippen molar-refractivity contribution in [2.75, 3.05) is 26.2 Å². The maximum Gasteiger partial charge on any atom is 0.255 e. The molecule has 25 heavy (non-hydrogen) atoms. The summed E-state index contributed by atoms with van der Waals surface area (Å²) < 4.78 is 1.56. The number of nitrogens with zero attached hydrogens (tertiary/aromatic N) is 3. The molecule has 2 heterocycles. The van der Waals surface area contributed by atoms with Crippen LogP contribution in [0.3, 0.4) is 0 Å². The normalized spacial score (nSPS) is 15.6. The van der Waals surface area contributed by atoms with Crippen molar-refractivity contribution in [1.82, 2.24) is 14.4 Å². The average Bonchev–Trinajstić information content (AvgIpc) is 2.81. The van der Waals surface area contributed by atoms with E-state index in [0.717, 1.165) is 17.3 Å². The van der Waals surface area contributed by atoms with Gasteiger partial charge in [0.25, 0.3) is 11.5 Å². The van der Waals surface area contributed by atoms with Crippen LogP contribution < -0.4 is 5.56 Å². The number of aromatic nitrogens is 1. The second-order valence-corrected chi connectivity index (χ2v) is 6.43. The summed E-state index contributed by atoms with van der Waals surface area (Å²) in [7, 11) is 1.71. The summed E-state index contributed by atoms with van der Waals surface area (Å²) in [6.45, 7) is 5.51. The SMILES string of the molecule is CCN1CCCN(C(=O)c2c(C)c(=O)n(C)c3ccccc23)CC1=O. The van der Waals surface area contributed by atoms with Gasteiger partial charge in [0.2, 0.25) is 5.91 Å². The fraction of sp³-hybridized carbons (Fsp3) is 0.421. The second-order valence-electron chi connectivity index (χ2n) is 6.43. The first kappa shape index (κ1) is 17.2. The molecule has 0 N–H and O–H groups in total. The number of benzene rings is 1. The van der Waals surface area contributed by atoms with Crippen molar-refractivity contribution in [1.29, 1.82) is 0 Å². The van der Waals surface area contributed by atoms with Gasteiger partial charge in [-0.05, 0) is 26.3 Å². The molecule has 0 atom stereocenters. The van der Waals surface area contributed by atoms with Crippen molar-refractivity contribution >= 4 is 22.7 Å². The van der Waals surface area contributed by atoms with Gasteiger partial charge in [-0.1, -0.05) is 18.2 Å². The lowest BCUT2D eigenvalue weighted by Crippen LogP contribution is -2.40. The zero-order valence-corrected chi connectivity index (χ0v) is 14.9. The molecule has 1 aromatic carbocycles. The molecule has 2 amide bonds. The number of hydrogen-bond donors (Lipinski definition) is 0. The highest BCUT2D eigenvalue weighted by Crippen LogP contribution is 2.22. The van der Waals surface area contributed by atoms with Crippen molar-refractivity contribution in [2.45, 2.75) is 20.3 Å². The van der Waals surface area contributed by atoms with Crippen LogP contribution in [-0.4, -0.2) is 52.4 Å². The molecule has 0 spiro atoms. The fourth-order valence-corrected chi connectivity index (χ4v) is 3.51. The molecule has 0 unspecified atom stereocenters. The van der Waals surface area contributed by atoms with Gasteiger partial charge in [0, 0.05) is 37.6 Å². The van der Waals surface area contributed by atoms with Gasteiger partial charge in [-0.25, -0.2) is 0 Å². The number of para-hydroxylation sites is 1. The number of likely N-dealkylation sites (N-methyl/N-ethyl adjacent to an activating group) is 1. The summed E-state index contributed by atoms with van der Waals surface area (Å²) >= 11 is 0. The van der Waals surface area contributed by atoms with E-state index in [2.05, 4.69) is 0 Å². The third-order valence-corrected chi connectivity index (χ3v) is 4.95. The minimum absolute atomic E-state index is 0.0425. The van der Waals surface area contributed by atoms with Gasteiger partial charge in [0.1, 0.15) is 6.54 Å². The standard InChI is InChI=1S/C19H23N3O3/c1-4-21-10-7-11-22(12-16(21)23)19(25)17-13(2)18(24)20(3)15-9-6-5-8-14(15)17/h5-6,8-9H,4,7,10-12H2,1-3H3. The quantitative estimate of drug-likeness (QED) is 0.832. The molecule has 3 rings (SSSR count). The lowest BCUT2D eigenvalue weighted by molar-refractivity contribution is -0.130. The fourth-order valence-electron chi connectivity index (χ4n) is 3.51. The van der Waals surface area contributed by atoms with E-state index >= 15 is 0 Å². The summed E-state index contributed by atoms with van der Waals surface area (Å²) in [6.07, 6.45) is 0.743. The third kappa shape index (κ3) is 2.92. The van der Waals surface area contributed by atoms with E-state index in [1.54, 1.807) is 28.3 Å². The molecule has 1 aliphatic heterocycles. The van der Waals surface area contributed by atoms with Crippen LogP contribution in [-0.2, 0) is 11.8 Å². The molecule has 132 valence electrons. The molecule has 1 aromatic heterocycles. The molecule has 0 radical (unpaired) electrons. The number of carbonyl (C=O) groups is 2. The molecule has 2 aromatic rings. The highest BCUT2D eigenvalue weighted by atomic mass is 16.2. The number of fused-ring (bicyclic) bond motifs is 1. The molecule has 0 bridgehead atoms. The van der Waals surface area contributed by atoms with Gasteiger partial charge in [0.15, 0.2) is 0 Å². The zero-order chi connectivity index (χ0) is 18.1. The molecule has 1 aliphatic rings. The number of amides is 2. The van der Waals surface area contributed by atoms with Crippen molar-refractivity contribution in [3.63, 3.8) is 0 Å². The lowest BCUT2D eigenvalue weighted by Gasteiger charge is -2.22. The number of aryl methyl sites for hydroxylation is 1. The minimum atomic E-state index is -0.238. The third-order valence-electron chi connectivity index (χ3n) is 4.95. The first-order chi connectivity index (χ1) is 12.0. The van der Waals surface area contributed by atoms with E-state index in [1.165, 1.54) is 0 Å². The maximum absolute atomic E-state index is 13.2. The number of pyridine rings is 1. The largest absolute Gasteiger partial charge is 0.341 e. The predicted molar refractivity (Wildman–Crippen MR) is 96.7 cm³/mol. The topological polar surface area (TPSA) is 62.6 Å². The summed E-state index contributed by atoms with van der Waals surface area (Å²) in [4.78, 5) is 41.4. The Morgan fingerprint density at radius 3 is 2.60 bits per heavy atom. The van der Waals surface area contributed by atoms with E-state index in [4.69, 9.17) is 0 Å². The molecule has 6 heteroatoms. The Bertz CT molecular complexity index is 901. The number of carbonyl (C=O) groups excluding carboxylic acids is 2. The Morgan fingerprint density at radius 1 is 1.16 bits per heavy atom. The molecule has 6 nitrogen and oxygen atoms in total. The van der Waals surface area contributed by atoms with Crippen molar-refractivity contribution in [2.24, 2.45) is 7.05 Å². The first-order valence-electron chi connectivity index (χ1n) is 8.61. The van der Waals surface area contributed by atoms with Crippen LogP contribution in [0.15, 0.2) is 29.1 Å². The van der Waals surface area contributed by atoms with Crippen LogP contribution in [0.4, 0.5) is 0 Å². The van der Waals surface area contributed by atoms with Crippen LogP contribution in [0.2, 0.25) is 0 Å². The van der Waals surface area contributed by atoms with Gasteiger partial charge < -0.3 is 14.4 Å². The van der Waals surface area contributed by atoms with Crippen molar-refractivity contribution in [3.8, 4) is 0 Å². The smallest absolute Gasteiger partial charge is 0.255 e. The van der Waals surface area contributed by atoms with Gasteiger partial charge in [0.05, 0.1) is 11.1 Å². The highest BCUT2D eigenvalue weighted by Gasteiger charge is 2.27. The first-order valence-corrected chi connectivity index (χ1v) is 8.61. The minimum Gasteiger partial charge on any atom is -0.341 e. The Balaban J connectivity index is 2.09. The van der Waals surface area contributed by atoms with Crippen LogP contribution >= 0.6 is 0 Å². The maximum atomic E-state index is 13.2. The van der Waals surface area contributed by atoms with Crippen LogP contribution in [0, 0.1) is 6.92 Å². The Labute approximate surface area is 146 Å². The Kier molecular flexibility index (Phi) is 4.61. The van der Waals surface area contributed by atoms with Gasteiger partial charge in [-0.15, -0.1) is 0 Å². The monoisotopic (exact) mass is 341 g/mol. The van der Waals surface area contributed by atoms with Gasteiger partial charge >= 0.3 is 0 Å². The number of rotatable bonds is 2. The van der Waals surface area contributed by atoms with E-state index < -0.39 is 0 Å². The van der Waals surface area contributed by atoms with E-state index in [-0.39, 0.29) is 23.9 Å². The van der Waals surface area contributed by atoms with Crippen LogP contribution in [0.25, 0.3) is 10.9 Å². The lowest BCUT2D eigenvalue weighted by atomic mass is 10.0. The molecule has 0 saturated carbocycles. The molecular weight excluding hydrogens is 318 g/mol. The van der Waals surface area contributed by atoms with E-state index in [0.29, 0.717) is 30.8 Å². The zero-order valence-electron chi connectivity index (χ0n) is 14.9. The van der Waals surface area contributed by atoms with E-state index in [9.17, 15) is 14.4 Å². The summed E-state index contributed by atoms with van der Waals surface area (Å²) in [5, 5.41) is 0.746. The second kappa shape index (κ2) is 6.70. The Hall–Kier alpha value is -2.63. The van der Waals surface area contributed by atoms with Crippen LogP contribution in [0.5, 0.6) is 0 Å². The summed E-state index contributed by atoms with van der Waals surface area (Å²) in [5.41, 5.74) is 1.38. The molecular formula is C19H23N3O3. The average molecular weight is 341 g/mol. The van der Waals surface area contributed by atoms with E-state index in [1.807, 2.05) is 31.2 Å². The van der Waals surface area contributed by atoms with Gasteiger partial charge in [-0.2, -0.15) is 0 Å². The predicted octanol–water partition coefficient (Wildman–Crippen LogP) is 1.54. The summed E-state index contributed by atoms with van der Waals surface area (Å²) in [6, 6.07) is 7.39. The summed E-state index contributed by atoms with van der Waals surface area (Å²) in [5.74, 6) is -0.281. The van der Waals surface area contributed by atoms with Crippen molar-refractivity contribution in [3.05, 3.63) is 45.7 Å². The Morgan fingerprint density at radius 2 is 1.88 bits per heavy atom. The van der Waals surface area contributed by atoms with Crippen LogP contribution in [0.1, 0.15) is 29.3 Å². The molecule has 1 saturated heterocycles. The molecule has 0 aliphatic carbocycles. The highest BCUT2D eigenvalue weighted by molar-refractivity contribution is 6.08. The number of hydrogen-bond acceptors (Lipinski definition) is 3. The molecule has 1 fully saturated rings. The van der Waals surface area contributed by atoms with Crippen molar-refractivity contribution < 1.29 is 9.59 Å².